The van der Waals surface area contributed by atoms with Gasteiger partial charge >= 0.3 is 0 Å². The van der Waals surface area contributed by atoms with Gasteiger partial charge in [-0.1, -0.05) is 6.08 Å². The second-order valence-electron chi connectivity index (χ2n) is 5.98. The Labute approximate surface area is 129 Å². The van der Waals surface area contributed by atoms with Gasteiger partial charge in [0.2, 0.25) is 5.88 Å². The molecule has 0 bridgehead atoms. The summed E-state index contributed by atoms with van der Waals surface area (Å²) in [6.45, 7) is 1.42. The molecule has 1 aliphatic heterocycles. The Balaban J connectivity index is 1.69. The number of methoxy groups -OCH3 is 1. The van der Waals surface area contributed by atoms with Gasteiger partial charge in [-0.15, -0.1) is 0 Å². The maximum Gasteiger partial charge on any atom is 0.234 e. The third-order valence-electron chi connectivity index (χ3n) is 4.45. The number of carbonyl (C=O) groups is 1. The second kappa shape index (κ2) is 6.04. The number of aliphatic hydroxyl groups is 1. The maximum atomic E-state index is 11.3. The molecular formula is C16H21N3O3. The minimum atomic E-state index is -0.735. The summed E-state index contributed by atoms with van der Waals surface area (Å²) in [5.74, 6) is 1.53. The van der Waals surface area contributed by atoms with Gasteiger partial charge in [0.15, 0.2) is 5.82 Å². The molecule has 3 rings (SSSR count). The van der Waals surface area contributed by atoms with Crippen LogP contribution in [0.3, 0.4) is 0 Å². The topological polar surface area (TPSA) is 75.6 Å². The van der Waals surface area contributed by atoms with Crippen LogP contribution in [0.15, 0.2) is 12.3 Å². The summed E-state index contributed by atoms with van der Waals surface area (Å²) < 4.78 is 5.14. The summed E-state index contributed by atoms with van der Waals surface area (Å²) in [5, 5.41) is 10.6. The third kappa shape index (κ3) is 3.11. The van der Waals surface area contributed by atoms with Crippen LogP contribution < -0.4 is 9.64 Å². The number of Topliss-reactive ketones (excluding diaryl/α,β-unsaturated/α-hetero) is 1. The highest BCUT2D eigenvalue weighted by molar-refractivity contribution is 5.79. The molecule has 1 aromatic rings. The fraction of sp³-hybridized carbons (Fsp3) is 0.562. The first-order chi connectivity index (χ1) is 10.6. The lowest BCUT2D eigenvalue weighted by molar-refractivity contribution is -0.125. The van der Waals surface area contributed by atoms with E-state index in [1.54, 1.807) is 13.3 Å². The van der Waals surface area contributed by atoms with Crippen molar-refractivity contribution in [1.29, 1.82) is 0 Å². The molecule has 0 radical (unpaired) electrons. The summed E-state index contributed by atoms with van der Waals surface area (Å²) in [4.78, 5) is 22.2. The van der Waals surface area contributed by atoms with E-state index >= 15 is 0 Å². The summed E-state index contributed by atoms with van der Waals surface area (Å²) in [5.41, 5.74) is 0.0829. The zero-order valence-electron chi connectivity index (χ0n) is 12.8. The molecule has 1 N–H and O–H groups in total. The van der Waals surface area contributed by atoms with Crippen LogP contribution in [0.25, 0.3) is 6.08 Å². The number of hydrogen-bond acceptors (Lipinski definition) is 6. The van der Waals surface area contributed by atoms with Crippen LogP contribution >= 0.6 is 0 Å². The maximum absolute atomic E-state index is 11.3. The van der Waals surface area contributed by atoms with E-state index in [4.69, 9.17) is 4.74 Å². The first-order valence-corrected chi connectivity index (χ1v) is 7.66. The van der Waals surface area contributed by atoms with Crippen molar-refractivity contribution in [3.8, 4) is 5.88 Å². The Morgan fingerprint density at radius 1 is 1.41 bits per heavy atom. The fourth-order valence-electron chi connectivity index (χ4n) is 2.98. The quantitative estimate of drug-likeness (QED) is 0.910. The number of ketones is 1. The van der Waals surface area contributed by atoms with Gasteiger partial charge in [0, 0.05) is 25.9 Å². The lowest BCUT2D eigenvalue weighted by Gasteiger charge is -2.34. The van der Waals surface area contributed by atoms with Crippen LogP contribution in [0.2, 0.25) is 0 Å². The number of anilines is 1. The number of fused-ring (bicyclic) bond motifs is 1. The molecule has 0 aromatic carbocycles. The zero-order valence-corrected chi connectivity index (χ0v) is 12.8. The highest BCUT2D eigenvalue weighted by Crippen LogP contribution is 2.31. The Morgan fingerprint density at radius 2 is 2.18 bits per heavy atom. The smallest absolute Gasteiger partial charge is 0.234 e. The van der Waals surface area contributed by atoms with E-state index in [0.29, 0.717) is 44.5 Å². The molecule has 1 fully saturated rings. The Bertz CT molecular complexity index is 590. The van der Waals surface area contributed by atoms with Crippen LogP contribution in [0.1, 0.15) is 37.8 Å². The molecule has 1 aliphatic carbocycles. The van der Waals surface area contributed by atoms with Crippen molar-refractivity contribution in [3.63, 3.8) is 0 Å². The summed E-state index contributed by atoms with van der Waals surface area (Å²) in [7, 11) is 1.57. The van der Waals surface area contributed by atoms with E-state index in [0.717, 1.165) is 18.1 Å². The first-order valence-electron chi connectivity index (χ1n) is 7.66. The van der Waals surface area contributed by atoms with Gasteiger partial charge in [-0.2, -0.15) is 4.98 Å². The van der Waals surface area contributed by atoms with E-state index < -0.39 is 5.60 Å². The molecule has 1 aromatic heterocycles. The standard InChI is InChI=1S/C16H21N3O3/c1-22-14-11-17-13-3-2-9-19(15(13)18-14)10-8-16(21)6-4-12(20)5-7-16/h2-3,11,21H,4-10H2,1H3. The zero-order chi connectivity index (χ0) is 15.6. The minimum Gasteiger partial charge on any atom is -0.480 e. The van der Waals surface area contributed by atoms with Gasteiger partial charge in [-0.25, -0.2) is 4.98 Å². The van der Waals surface area contributed by atoms with Gasteiger partial charge in [0.05, 0.1) is 18.9 Å². The number of hydrogen-bond donors (Lipinski definition) is 1. The number of nitrogens with zero attached hydrogens (tertiary/aromatic N) is 3. The Morgan fingerprint density at radius 3 is 2.91 bits per heavy atom. The average Bonchev–Trinajstić information content (AvgIpc) is 2.55. The van der Waals surface area contributed by atoms with Crippen LogP contribution in [0.4, 0.5) is 5.82 Å². The second-order valence-corrected chi connectivity index (χ2v) is 5.98. The average molecular weight is 303 g/mol. The molecule has 0 saturated heterocycles. The molecule has 2 heterocycles. The molecular weight excluding hydrogens is 282 g/mol. The van der Waals surface area contributed by atoms with E-state index in [1.807, 2.05) is 12.2 Å². The van der Waals surface area contributed by atoms with Gasteiger partial charge in [-0.05, 0) is 25.3 Å². The van der Waals surface area contributed by atoms with E-state index in [9.17, 15) is 9.90 Å². The number of rotatable bonds is 4. The number of carbonyl (C=O) groups excluding carboxylic acids is 1. The van der Waals surface area contributed by atoms with Crippen molar-refractivity contribution in [3.05, 3.63) is 18.0 Å². The van der Waals surface area contributed by atoms with Gasteiger partial charge in [0.1, 0.15) is 11.5 Å². The lowest BCUT2D eigenvalue weighted by atomic mass is 9.82. The van der Waals surface area contributed by atoms with Gasteiger partial charge in [-0.3, -0.25) is 4.79 Å². The van der Waals surface area contributed by atoms with E-state index in [1.165, 1.54) is 0 Å². The highest BCUT2D eigenvalue weighted by Gasteiger charge is 2.33. The molecule has 6 nitrogen and oxygen atoms in total. The van der Waals surface area contributed by atoms with Gasteiger partial charge < -0.3 is 14.7 Å². The van der Waals surface area contributed by atoms with Crippen molar-refractivity contribution < 1.29 is 14.6 Å². The SMILES string of the molecule is COc1cnc2c(n1)N(CCC1(O)CCC(=O)CC1)CC=C2. The van der Waals surface area contributed by atoms with Crippen LogP contribution in [-0.4, -0.2) is 46.7 Å². The Hall–Kier alpha value is -1.95. The largest absolute Gasteiger partial charge is 0.480 e. The molecule has 1 saturated carbocycles. The van der Waals surface area contributed by atoms with Crippen LogP contribution in [0, 0.1) is 0 Å². The number of ether oxygens (including phenoxy) is 1. The Kier molecular flexibility index (Phi) is 4.11. The highest BCUT2D eigenvalue weighted by atomic mass is 16.5. The molecule has 6 heteroatoms. The van der Waals surface area contributed by atoms with Crippen LogP contribution in [-0.2, 0) is 4.79 Å². The molecule has 0 spiro atoms. The molecule has 0 unspecified atom stereocenters. The van der Waals surface area contributed by atoms with Crippen molar-refractivity contribution in [2.24, 2.45) is 0 Å². The molecule has 0 atom stereocenters. The van der Waals surface area contributed by atoms with Crippen LogP contribution in [0.5, 0.6) is 5.88 Å². The molecule has 22 heavy (non-hydrogen) atoms. The molecule has 118 valence electrons. The first kappa shape index (κ1) is 15.0. The van der Waals surface area contributed by atoms with E-state index in [-0.39, 0.29) is 5.78 Å². The summed E-state index contributed by atoms with van der Waals surface area (Å²) in [6.07, 6.45) is 8.32. The summed E-state index contributed by atoms with van der Waals surface area (Å²) >= 11 is 0. The van der Waals surface area contributed by atoms with Crippen molar-refractivity contribution in [2.75, 3.05) is 25.1 Å². The van der Waals surface area contributed by atoms with Crippen molar-refractivity contribution >= 4 is 17.7 Å². The van der Waals surface area contributed by atoms with Crippen molar-refractivity contribution in [2.45, 2.75) is 37.7 Å². The molecule has 0 amide bonds. The lowest BCUT2D eigenvalue weighted by Crippen LogP contribution is -2.39. The van der Waals surface area contributed by atoms with Gasteiger partial charge in [0.25, 0.3) is 0 Å². The van der Waals surface area contributed by atoms with Crippen molar-refractivity contribution in [1.82, 2.24) is 9.97 Å². The third-order valence-corrected chi connectivity index (χ3v) is 4.45. The number of aromatic nitrogens is 2. The normalized spacial score (nSPS) is 19.9. The molecule has 2 aliphatic rings. The predicted molar refractivity (Wildman–Crippen MR) is 82.9 cm³/mol. The predicted octanol–water partition coefficient (Wildman–Crippen LogP) is 1.58. The fourth-order valence-corrected chi connectivity index (χ4v) is 2.98. The minimum absolute atomic E-state index is 0.256. The summed E-state index contributed by atoms with van der Waals surface area (Å²) in [6, 6.07) is 0. The monoisotopic (exact) mass is 303 g/mol. The van der Waals surface area contributed by atoms with E-state index in [2.05, 4.69) is 14.9 Å².